The van der Waals surface area contributed by atoms with Gasteiger partial charge in [-0.15, -0.1) is 0 Å². The van der Waals surface area contributed by atoms with E-state index in [-0.39, 0.29) is 5.91 Å². The van der Waals surface area contributed by atoms with Crippen LogP contribution >= 0.6 is 15.9 Å². The molecule has 0 aliphatic rings. The van der Waals surface area contributed by atoms with Gasteiger partial charge in [0.2, 0.25) is 5.91 Å². The average Bonchev–Trinajstić information content (AvgIpc) is 2.62. The highest BCUT2D eigenvalue weighted by atomic mass is 79.9. The number of hydrogen-bond acceptors (Lipinski definition) is 4. The Morgan fingerprint density at radius 3 is 2.42 bits per heavy atom. The molecule has 1 N–H and O–H groups in total. The second-order valence-corrected chi connectivity index (χ2v) is 6.40. The third kappa shape index (κ3) is 5.66. The van der Waals surface area contributed by atoms with Gasteiger partial charge in [0.25, 0.3) is 0 Å². The first-order valence-corrected chi connectivity index (χ1v) is 9.38. The lowest BCUT2D eigenvalue weighted by molar-refractivity contribution is -0.116. The van der Waals surface area contributed by atoms with Crippen molar-refractivity contribution in [2.24, 2.45) is 0 Å². The molecule has 0 bridgehead atoms. The molecule has 0 fully saturated rings. The number of halogens is 1. The van der Waals surface area contributed by atoms with E-state index in [0.717, 1.165) is 15.8 Å². The number of carbonyl (C=O) groups excluding carboxylic acids is 1. The molecule has 0 aliphatic heterocycles. The van der Waals surface area contributed by atoms with E-state index in [0.29, 0.717) is 43.2 Å². The largest absolute Gasteiger partial charge is 0.496 e. The molecule has 5 nitrogen and oxygen atoms in total. The summed E-state index contributed by atoms with van der Waals surface area (Å²) in [5.41, 5.74) is 1.68. The van der Waals surface area contributed by atoms with Crippen molar-refractivity contribution in [2.45, 2.75) is 26.7 Å². The molecule has 0 heterocycles. The van der Waals surface area contributed by atoms with Crippen LogP contribution in [0.3, 0.4) is 0 Å². The maximum absolute atomic E-state index is 12.4. The number of methoxy groups -OCH3 is 1. The summed E-state index contributed by atoms with van der Waals surface area (Å²) >= 11 is 3.46. The first-order valence-electron chi connectivity index (χ1n) is 8.59. The number of nitrogens with one attached hydrogen (secondary N) is 1. The predicted molar refractivity (Wildman–Crippen MR) is 106 cm³/mol. The minimum atomic E-state index is -0.0773. The van der Waals surface area contributed by atoms with E-state index in [1.165, 1.54) is 0 Å². The van der Waals surface area contributed by atoms with Gasteiger partial charge in [-0.1, -0.05) is 6.07 Å². The van der Waals surface area contributed by atoms with Crippen molar-refractivity contribution < 1.29 is 19.0 Å². The Kier molecular flexibility index (Phi) is 7.78. The number of aryl methyl sites for hydroxylation is 1. The van der Waals surface area contributed by atoms with Crippen molar-refractivity contribution in [1.29, 1.82) is 0 Å². The third-order valence-corrected chi connectivity index (χ3v) is 4.31. The predicted octanol–water partition coefficient (Wildman–Crippen LogP) is 4.83. The Hall–Kier alpha value is -2.21. The van der Waals surface area contributed by atoms with Gasteiger partial charge in [-0.05, 0) is 66.0 Å². The average molecular weight is 422 g/mol. The Morgan fingerprint density at radius 1 is 1.04 bits per heavy atom. The summed E-state index contributed by atoms with van der Waals surface area (Å²) in [4.78, 5) is 12.4. The fourth-order valence-corrected chi connectivity index (χ4v) is 3.07. The van der Waals surface area contributed by atoms with Crippen LogP contribution in [-0.2, 0) is 11.2 Å². The van der Waals surface area contributed by atoms with Crippen LogP contribution < -0.4 is 19.5 Å². The van der Waals surface area contributed by atoms with E-state index in [2.05, 4.69) is 21.2 Å². The highest BCUT2D eigenvalue weighted by molar-refractivity contribution is 9.10. The summed E-state index contributed by atoms with van der Waals surface area (Å²) in [6.07, 6.45) is 0.993. The monoisotopic (exact) mass is 421 g/mol. The van der Waals surface area contributed by atoms with Crippen molar-refractivity contribution in [3.8, 4) is 17.2 Å². The molecule has 0 aromatic heterocycles. The van der Waals surface area contributed by atoms with Crippen molar-refractivity contribution in [2.75, 3.05) is 25.6 Å². The maximum Gasteiger partial charge on any atom is 0.224 e. The lowest BCUT2D eigenvalue weighted by Crippen LogP contribution is -2.13. The van der Waals surface area contributed by atoms with Crippen LogP contribution in [0.25, 0.3) is 0 Å². The van der Waals surface area contributed by atoms with Crippen LogP contribution in [0.5, 0.6) is 17.2 Å². The van der Waals surface area contributed by atoms with E-state index in [1.54, 1.807) is 13.2 Å². The van der Waals surface area contributed by atoms with E-state index in [1.807, 2.05) is 44.2 Å². The van der Waals surface area contributed by atoms with Crippen LogP contribution in [0.2, 0.25) is 0 Å². The van der Waals surface area contributed by atoms with Gasteiger partial charge in [-0.3, -0.25) is 4.79 Å². The Bertz CT molecular complexity index is 749. The highest BCUT2D eigenvalue weighted by Gasteiger charge is 2.11. The standard InChI is InChI=1S/C20H24BrNO4/c1-4-25-15-8-10-19(26-5-2)17(13-15)22-20(23)11-7-14-6-9-18(24-3)16(21)12-14/h6,8-10,12-13H,4-5,7,11H2,1-3H3,(H,22,23). The van der Waals surface area contributed by atoms with Crippen molar-refractivity contribution >= 4 is 27.5 Å². The molecular weight excluding hydrogens is 398 g/mol. The van der Waals surface area contributed by atoms with Crippen LogP contribution in [0.1, 0.15) is 25.8 Å². The van der Waals surface area contributed by atoms with Crippen LogP contribution in [0, 0.1) is 0 Å². The molecule has 1 amide bonds. The molecule has 2 aromatic rings. The van der Waals surface area contributed by atoms with E-state index < -0.39 is 0 Å². The minimum Gasteiger partial charge on any atom is -0.496 e. The number of hydrogen-bond donors (Lipinski definition) is 1. The normalized spacial score (nSPS) is 10.3. The highest BCUT2D eigenvalue weighted by Crippen LogP contribution is 2.30. The van der Waals surface area contributed by atoms with Gasteiger partial charge < -0.3 is 19.5 Å². The summed E-state index contributed by atoms with van der Waals surface area (Å²) in [6, 6.07) is 11.2. The zero-order valence-electron chi connectivity index (χ0n) is 15.3. The molecule has 0 atom stereocenters. The topological polar surface area (TPSA) is 56.8 Å². The van der Waals surface area contributed by atoms with E-state index >= 15 is 0 Å². The van der Waals surface area contributed by atoms with Crippen molar-refractivity contribution in [1.82, 2.24) is 0 Å². The summed E-state index contributed by atoms with van der Waals surface area (Å²) in [5, 5.41) is 2.92. The lowest BCUT2D eigenvalue weighted by atomic mass is 10.1. The molecule has 0 aliphatic carbocycles. The molecule has 26 heavy (non-hydrogen) atoms. The second kappa shape index (κ2) is 10.1. The summed E-state index contributed by atoms with van der Waals surface area (Å²) in [6.45, 7) is 4.91. The molecule has 0 spiro atoms. The number of amides is 1. The summed E-state index contributed by atoms with van der Waals surface area (Å²) in [5.74, 6) is 2.03. The number of carbonyl (C=O) groups is 1. The van der Waals surface area contributed by atoms with Gasteiger partial charge in [0.05, 0.1) is 30.5 Å². The Balaban J connectivity index is 2.02. The Labute approximate surface area is 162 Å². The van der Waals surface area contributed by atoms with E-state index in [4.69, 9.17) is 14.2 Å². The molecule has 0 saturated heterocycles. The van der Waals surface area contributed by atoms with Gasteiger partial charge in [-0.2, -0.15) is 0 Å². The van der Waals surface area contributed by atoms with Crippen LogP contribution in [0.15, 0.2) is 40.9 Å². The zero-order valence-corrected chi connectivity index (χ0v) is 16.9. The fraction of sp³-hybridized carbons (Fsp3) is 0.350. The van der Waals surface area contributed by atoms with Gasteiger partial charge >= 0.3 is 0 Å². The third-order valence-electron chi connectivity index (χ3n) is 3.69. The number of anilines is 1. The maximum atomic E-state index is 12.4. The molecule has 0 radical (unpaired) electrons. The van der Waals surface area contributed by atoms with Crippen molar-refractivity contribution in [3.05, 3.63) is 46.4 Å². The molecule has 0 saturated carbocycles. The van der Waals surface area contributed by atoms with Crippen LogP contribution in [-0.4, -0.2) is 26.2 Å². The number of benzene rings is 2. The number of ether oxygens (including phenoxy) is 3. The first-order chi connectivity index (χ1) is 12.6. The second-order valence-electron chi connectivity index (χ2n) is 5.54. The fourth-order valence-electron chi connectivity index (χ4n) is 2.48. The van der Waals surface area contributed by atoms with Gasteiger partial charge in [0.15, 0.2) is 0 Å². The lowest BCUT2D eigenvalue weighted by Gasteiger charge is -2.13. The zero-order chi connectivity index (χ0) is 18.9. The molecule has 2 rings (SSSR count). The quantitative estimate of drug-likeness (QED) is 0.629. The molecule has 0 unspecified atom stereocenters. The molecule has 2 aromatic carbocycles. The van der Waals surface area contributed by atoms with Gasteiger partial charge in [-0.25, -0.2) is 0 Å². The minimum absolute atomic E-state index is 0.0773. The molecular formula is C20H24BrNO4. The number of rotatable bonds is 9. The molecule has 140 valence electrons. The SMILES string of the molecule is CCOc1ccc(OCC)c(NC(=O)CCc2ccc(OC)c(Br)c2)c1. The Morgan fingerprint density at radius 2 is 1.77 bits per heavy atom. The van der Waals surface area contributed by atoms with E-state index in [9.17, 15) is 4.79 Å². The molecule has 6 heteroatoms. The smallest absolute Gasteiger partial charge is 0.224 e. The van der Waals surface area contributed by atoms with Gasteiger partial charge in [0, 0.05) is 12.5 Å². The summed E-state index contributed by atoms with van der Waals surface area (Å²) < 4.78 is 17.2. The summed E-state index contributed by atoms with van der Waals surface area (Å²) in [7, 11) is 1.62. The van der Waals surface area contributed by atoms with Crippen molar-refractivity contribution in [3.63, 3.8) is 0 Å². The van der Waals surface area contributed by atoms with Crippen LogP contribution in [0.4, 0.5) is 5.69 Å². The van der Waals surface area contributed by atoms with Gasteiger partial charge in [0.1, 0.15) is 17.2 Å². The first kappa shape index (κ1) is 20.1.